The molecule has 0 radical (unpaired) electrons. The lowest BCUT2D eigenvalue weighted by Crippen LogP contribution is -2.00. The van der Waals surface area contributed by atoms with Crippen molar-refractivity contribution in [1.29, 1.82) is 0 Å². The Bertz CT molecular complexity index is 499. The molecule has 0 aliphatic heterocycles. The molecule has 1 unspecified atom stereocenters. The summed E-state index contributed by atoms with van der Waals surface area (Å²) < 4.78 is 22.2. The summed E-state index contributed by atoms with van der Waals surface area (Å²) in [6, 6.07) is 5.39. The number of aromatic nitrogens is 1. The molecule has 1 aromatic heterocycles. The first-order valence-electron chi connectivity index (χ1n) is 3.59. The molecule has 0 bridgehead atoms. The highest BCUT2D eigenvalue weighted by molar-refractivity contribution is 7.80. The van der Waals surface area contributed by atoms with Crippen molar-refractivity contribution < 1.29 is 8.76 Å². The van der Waals surface area contributed by atoms with Gasteiger partial charge in [-0.15, -0.1) is 0 Å². The number of nitrogens with zero attached hydrogens (tertiary/aromatic N) is 1. The first kappa shape index (κ1) is 9.85. The zero-order valence-electron chi connectivity index (χ0n) is 6.73. The maximum absolute atomic E-state index is 10.5. The van der Waals surface area contributed by atoms with E-state index >= 15 is 0 Å². The number of hydrogen-bond acceptors (Lipinski definition) is 3. The summed E-state index contributed by atoms with van der Waals surface area (Å²) in [5.41, 5.74) is 0.645. The fourth-order valence-electron chi connectivity index (χ4n) is 1.03. The van der Waals surface area contributed by atoms with Crippen molar-refractivity contribution in [2.75, 3.05) is 4.72 Å². The molecule has 2 aromatic rings. The Morgan fingerprint density at radius 1 is 1.57 bits per heavy atom. The summed E-state index contributed by atoms with van der Waals surface area (Å²) in [4.78, 5) is 4.07. The van der Waals surface area contributed by atoms with Crippen molar-refractivity contribution >= 4 is 49.6 Å². The molecule has 0 fully saturated rings. The lowest BCUT2D eigenvalue weighted by Gasteiger charge is -1.91. The van der Waals surface area contributed by atoms with Gasteiger partial charge < -0.3 is 0 Å². The van der Waals surface area contributed by atoms with Crippen molar-refractivity contribution in [2.24, 2.45) is 0 Å². The SMILES string of the molecule is O=S(O)Nc1nc2c(Cl)cccc2s1. The second kappa shape index (κ2) is 3.82. The maximum Gasteiger partial charge on any atom is 0.260 e. The number of nitrogens with one attached hydrogen (secondary N) is 1. The monoisotopic (exact) mass is 248 g/mol. The van der Waals surface area contributed by atoms with Crippen molar-refractivity contribution in [3.63, 3.8) is 0 Å². The van der Waals surface area contributed by atoms with Gasteiger partial charge in [0.1, 0.15) is 5.52 Å². The minimum atomic E-state index is -2.10. The lowest BCUT2D eigenvalue weighted by atomic mass is 10.3. The highest BCUT2D eigenvalue weighted by Crippen LogP contribution is 2.30. The standard InChI is InChI=1S/C7H5ClN2O2S2/c8-4-2-1-3-5-6(4)9-7(13-5)10-14(11)12/h1-3H,(H,9,10)(H,11,12). The number of thiazole rings is 1. The van der Waals surface area contributed by atoms with Gasteiger partial charge in [-0.25, -0.2) is 9.19 Å². The Balaban J connectivity index is 2.51. The molecular formula is C7H5ClN2O2S2. The average molecular weight is 249 g/mol. The molecule has 0 aliphatic rings. The Kier molecular flexibility index (Phi) is 2.69. The van der Waals surface area contributed by atoms with Gasteiger partial charge in [0.05, 0.1) is 9.72 Å². The zero-order valence-corrected chi connectivity index (χ0v) is 9.12. The topological polar surface area (TPSA) is 62.2 Å². The average Bonchev–Trinajstić information content (AvgIpc) is 2.47. The summed E-state index contributed by atoms with van der Waals surface area (Å²) in [7, 11) is 0. The molecule has 0 spiro atoms. The van der Waals surface area contributed by atoms with E-state index in [1.165, 1.54) is 11.3 Å². The van der Waals surface area contributed by atoms with Crippen LogP contribution in [0.15, 0.2) is 18.2 Å². The number of fused-ring (bicyclic) bond motifs is 1. The van der Waals surface area contributed by atoms with Gasteiger partial charge in [-0.05, 0) is 12.1 Å². The van der Waals surface area contributed by atoms with E-state index < -0.39 is 11.3 Å². The van der Waals surface area contributed by atoms with Crippen LogP contribution in [0.1, 0.15) is 0 Å². The van der Waals surface area contributed by atoms with Gasteiger partial charge in [0.25, 0.3) is 11.3 Å². The normalized spacial score (nSPS) is 13.0. The second-order valence-corrected chi connectivity index (χ2v) is 4.60. The quantitative estimate of drug-likeness (QED) is 0.803. The predicted octanol–water partition coefficient (Wildman–Crippen LogP) is 2.50. The maximum atomic E-state index is 10.5. The highest BCUT2D eigenvalue weighted by atomic mass is 35.5. The van der Waals surface area contributed by atoms with Crippen LogP contribution in [0.4, 0.5) is 5.13 Å². The molecule has 2 N–H and O–H groups in total. The third kappa shape index (κ3) is 1.88. The van der Waals surface area contributed by atoms with E-state index in [0.717, 1.165) is 4.70 Å². The van der Waals surface area contributed by atoms with E-state index in [1.807, 2.05) is 12.1 Å². The first-order chi connectivity index (χ1) is 6.66. The van der Waals surface area contributed by atoms with Crippen molar-refractivity contribution in [3.05, 3.63) is 23.2 Å². The molecule has 74 valence electrons. The van der Waals surface area contributed by atoms with Gasteiger partial charge in [0, 0.05) is 0 Å². The molecule has 1 heterocycles. The van der Waals surface area contributed by atoms with Gasteiger partial charge in [0.15, 0.2) is 5.13 Å². The van der Waals surface area contributed by atoms with E-state index in [-0.39, 0.29) is 0 Å². The van der Waals surface area contributed by atoms with Crippen LogP contribution in [0.3, 0.4) is 0 Å². The molecule has 1 atom stereocenters. The Hall–Kier alpha value is -0.690. The molecule has 2 rings (SSSR count). The molecule has 0 saturated heterocycles. The van der Waals surface area contributed by atoms with Crippen LogP contribution in [0, 0.1) is 0 Å². The van der Waals surface area contributed by atoms with E-state index in [1.54, 1.807) is 6.07 Å². The van der Waals surface area contributed by atoms with E-state index in [9.17, 15) is 4.21 Å². The molecule has 0 saturated carbocycles. The van der Waals surface area contributed by atoms with Crippen molar-refractivity contribution in [3.8, 4) is 0 Å². The summed E-state index contributed by atoms with van der Waals surface area (Å²) >= 11 is 5.07. The van der Waals surface area contributed by atoms with Crippen LogP contribution < -0.4 is 4.72 Å². The predicted molar refractivity (Wildman–Crippen MR) is 59.0 cm³/mol. The number of rotatable bonds is 2. The number of halogens is 1. The van der Waals surface area contributed by atoms with Crippen LogP contribution >= 0.6 is 22.9 Å². The number of para-hydroxylation sites is 1. The summed E-state index contributed by atoms with van der Waals surface area (Å²) in [5.74, 6) is 0. The van der Waals surface area contributed by atoms with Gasteiger partial charge in [-0.1, -0.05) is 29.0 Å². The molecule has 0 aliphatic carbocycles. The highest BCUT2D eigenvalue weighted by Gasteiger charge is 2.07. The molecule has 4 nitrogen and oxygen atoms in total. The van der Waals surface area contributed by atoms with Crippen LogP contribution in [0.5, 0.6) is 0 Å². The largest absolute Gasteiger partial charge is 0.289 e. The molecule has 7 heteroatoms. The Morgan fingerprint density at radius 3 is 3.00 bits per heavy atom. The fourth-order valence-corrected chi connectivity index (χ4v) is 2.63. The minimum Gasteiger partial charge on any atom is -0.289 e. The number of anilines is 1. The summed E-state index contributed by atoms with van der Waals surface area (Å²) in [6.45, 7) is 0. The summed E-state index contributed by atoms with van der Waals surface area (Å²) in [5, 5.41) is 0.921. The number of hydrogen-bond donors (Lipinski definition) is 2. The Labute approximate surface area is 91.3 Å². The first-order valence-corrected chi connectivity index (χ1v) is 5.89. The second-order valence-electron chi connectivity index (χ2n) is 2.46. The molecule has 0 amide bonds. The van der Waals surface area contributed by atoms with E-state index in [0.29, 0.717) is 15.7 Å². The van der Waals surface area contributed by atoms with Gasteiger partial charge in [0.2, 0.25) is 0 Å². The van der Waals surface area contributed by atoms with E-state index in [4.69, 9.17) is 16.2 Å². The minimum absolute atomic E-state index is 0.383. The number of benzene rings is 1. The van der Waals surface area contributed by atoms with Gasteiger partial charge in [-0.3, -0.25) is 9.27 Å². The Morgan fingerprint density at radius 2 is 2.36 bits per heavy atom. The van der Waals surface area contributed by atoms with Crippen LogP contribution in [0.2, 0.25) is 5.02 Å². The van der Waals surface area contributed by atoms with Crippen LogP contribution in [0.25, 0.3) is 10.2 Å². The van der Waals surface area contributed by atoms with Gasteiger partial charge >= 0.3 is 0 Å². The molecule has 1 aromatic carbocycles. The van der Waals surface area contributed by atoms with Crippen molar-refractivity contribution in [2.45, 2.75) is 0 Å². The third-order valence-corrected chi connectivity index (χ3v) is 3.28. The van der Waals surface area contributed by atoms with Crippen molar-refractivity contribution in [1.82, 2.24) is 4.98 Å². The molecule has 14 heavy (non-hydrogen) atoms. The third-order valence-electron chi connectivity index (χ3n) is 1.54. The van der Waals surface area contributed by atoms with Crippen LogP contribution in [-0.4, -0.2) is 13.7 Å². The van der Waals surface area contributed by atoms with Crippen LogP contribution in [-0.2, 0) is 11.3 Å². The smallest absolute Gasteiger partial charge is 0.260 e. The zero-order chi connectivity index (χ0) is 10.1. The summed E-state index contributed by atoms with van der Waals surface area (Å²) in [6.07, 6.45) is 0. The lowest BCUT2D eigenvalue weighted by molar-refractivity contribution is 0.570. The molecular weight excluding hydrogens is 244 g/mol. The van der Waals surface area contributed by atoms with E-state index in [2.05, 4.69) is 9.71 Å². The van der Waals surface area contributed by atoms with Gasteiger partial charge in [-0.2, -0.15) is 0 Å². The fraction of sp³-hybridized carbons (Fsp3) is 0.